The van der Waals surface area contributed by atoms with Gasteiger partial charge in [-0.15, -0.1) is 0 Å². The lowest BCUT2D eigenvalue weighted by atomic mass is 9.86. The van der Waals surface area contributed by atoms with Crippen molar-refractivity contribution >= 4 is 5.97 Å². The van der Waals surface area contributed by atoms with Gasteiger partial charge in [-0.2, -0.15) is 0 Å². The Balaban J connectivity index is 2.75. The van der Waals surface area contributed by atoms with E-state index in [9.17, 15) is 4.79 Å². The second-order valence-electron chi connectivity index (χ2n) is 4.80. The van der Waals surface area contributed by atoms with Gasteiger partial charge in [0.2, 0.25) is 0 Å². The van der Waals surface area contributed by atoms with E-state index in [1.807, 2.05) is 24.3 Å². The Hall–Kier alpha value is -1.77. The van der Waals surface area contributed by atoms with E-state index in [1.165, 1.54) is 6.08 Å². The molecule has 92 valence electrons. The van der Waals surface area contributed by atoms with Gasteiger partial charge in [-0.05, 0) is 23.1 Å². The molecule has 0 bridgehead atoms. The molecule has 1 aromatic rings. The van der Waals surface area contributed by atoms with E-state index in [1.54, 1.807) is 0 Å². The second-order valence-corrected chi connectivity index (χ2v) is 4.80. The fourth-order valence-electron chi connectivity index (χ4n) is 1.50. The van der Waals surface area contributed by atoms with Crippen molar-refractivity contribution in [3.8, 4) is 5.75 Å². The summed E-state index contributed by atoms with van der Waals surface area (Å²) < 4.78 is 5.56. The topological polar surface area (TPSA) is 46.5 Å². The zero-order valence-corrected chi connectivity index (χ0v) is 10.4. The van der Waals surface area contributed by atoms with Crippen LogP contribution in [0.2, 0.25) is 0 Å². The quantitative estimate of drug-likeness (QED) is 0.814. The summed E-state index contributed by atoms with van der Waals surface area (Å²) in [6.07, 6.45) is 2.57. The molecule has 0 spiro atoms. The lowest BCUT2D eigenvalue weighted by molar-refractivity contribution is -0.131. The summed E-state index contributed by atoms with van der Waals surface area (Å²) in [4.78, 5) is 10.3. The molecule has 0 aliphatic heterocycles. The van der Waals surface area contributed by atoms with Crippen LogP contribution in [-0.4, -0.2) is 17.7 Å². The van der Waals surface area contributed by atoms with Crippen molar-refractivity contribution in [2.24, 2.45) is 0 Å². The van der Waals surface area contributed by atoms with Crippen LogP contribution in [0.4, 0.5) is 0 Å². The zero-order chi connectivity index (χ0) is 12.9. The van der Waals surface area contributed by atoms with Crippen LogP contribution in [0.25, 0.3) is 0 Å². The molecular weight excluding hydrogens is 216 g/mol. The number of para-hydroxylation sites is 1. The Bertz CT molecular complexity index is 414. The van der Waals surface area contributed by atoms with Crippen LogP contribution in [0.1, 0.15) is 26.3 Å². The van der Waals surface area contributed by atoms with Crippen LogP contribution in [0.15, 0.2) is 36.4 Å². The van der Waals surface area contributed by atoms with Gasteiger partial charge in [-0.3, -0.25) is 0 Å². The van der Waals surface area contributed by atoms with Crippen molar-refractivity contribution in [3.05, 3.63) is 42.0 Å². The van der Waals surface area contributed by atoms with Crippen molar-refractivity contribution in [2.75, 3.05) is 6.61 Å². The highest BCUT2D eigenvalue weighted by molar-refractivity contribution is 5.79. The van der Waals surface area contributed by atoms with Gasteiger partial charge in [-0.1, -0.05) is 39.0 Å². The lowest BCUT2D eigenvalue weighted by Gasteiger charge is -2.22. The predicted octanol–water partition coefficient (Wildman–Crippen LogP) is 3.00. The summed E-state index contributed by atoms with van der Waals surface area (Å²) in [5.41, 5.74) is 1.12. The van der Waals surface area contributed by atoms with Gasteiger partial charge in [0, 0.05) is 6.08 Å². The first-order chi connectivity index (χ1) is 7.91. The Morgan fingerprint density at radius 3 is 2.59 bits per heavy atom. The normalized spacial score (nSPS) is 11.7. The van der Waals surface area contributed by atoms with Crippen LogP contribution < -0.4 is 4.74 Å². The molecule has 0 aliphatic rings. The standard InChI is InChI=1S/C14H18O3/c1-14(2,3)11-7-4-5-8-12(11)17-10-6-9-13(15)16/h4-9H,10H2,1-3H3,(H,15,16). The number of aliphatic carboxylic acids is 1. The van der Waals surface area contributed by atoms with Crippen molar-refractivity contribution in [2.45, 2.75) is 26.2 Å². The molecule has 0 atom stereocenters. The number of ether oxygens (including phenoxy) is 1. The van der Waals surface area contributed by atoms with E-state index in [0.717, 1.165) is 17.4 Å². The van der Waals surface area contributed by atoms with E-state index >= 15 is 0 Å². The molecule has 0 amide bonds. The molecule has 0 unspecified atom stereocenters. The highest BCUT2D eigenvalue weighted by atomic mass is 16.5. The number of hydrogen-bond donors (Lipinski definition) is 1. The maximum absolute atomic E-state index is 10.3. The number of benzene rings is 1. The minimum atomic E-state index is -0.960. The molecule has 1 N–H and O–H groups in total. The van der Waals surface area contributed by atoms with E-state index < -0.39 is 5.97 Å². The molecule has 0 saturated heterocycles. The van der Waals surface area contributed by atoms with E-state index in [4.69, 9.17) is 9.84 Å². The maximum atomic E-state index is 10.3. The molecule has 0 aromatic heterocycles. The van der Waals surface area contributed by atoms with E-state index in [0.29, 0.717) is 0 Å². The first-order valence-electron chi connectivity index (χ1n) is 5.53. The Morgan fingerprint density at radius 1 is 1.35 bits per heavy atom. The average Bonchev–Trinajstić information content (AvgIpc) is 2.23. The highest BCUT2D eigenvalue weighted by Gasteiger charge is 2.17. The summed E-state index contributed by atoms with van der Waals surface area (Å²) in [6.45, 7) is 6.60. The Labute approximate surface area is 102 Å². The van der Waals surface area contributed by atoms with Crippen LogP contribution in [0.5, 0.6) is 5.75 Å². The third-order valence-electron chi connectivity index (χ3n) is 2.29. The van der Waals surface area contributed by atoms with Crippen LogP contribution in [0.3, 0.4) is 0 Å². The minimum Gasteiger partial charge on any atom is -0.489 e. The fourth-order valence-corrected chi connectivity index (χ4v) is 1.50. The van der Waals surface area contributed by atoms with Crippen molar-refractivity contribution in [1.82, 2.24) is 0 Å². The van der Waals surface area contributed by atoms with Gasteiger partial charge in [0.05, 0.1) is 0 Å². The highest BCUT2D eigenvalue weighted by Crippen LogP contribution is 2.30. The van der Waals surface area contributed by atoms with Crippen molar-refractivity contribution in [3.63, 3.8) is 0 Å². The molecule has 3 nitrogen and oxygen atoms in total. The van der Waals surface area contributed by atoms with Crippen molar-refractivity contribution in [1.29, 1.82) is 0 Å². The molecule has 0 radical (unpaired) electrons. The van der Waals surface area contributed by atoms with E-state index in [-0.39, 0.29) is 12.0 Å². The van der Waals surface area contributed by atoms with Gasteiger partial charge in [-0.25, -0.2) is 4.79 Å². The predicted molar refractivity (Wildman–Crippen MR) is 67.4 cm³/mol. The summed E-state index contributed by atoms with van der Waals surface area (Å²) in [7, 11) is 0. The zero-order valence-electron chi connectivity index (χ0n) is 10.4. The molecule has 0 saturated carbocycles. The number of carbonyl (C=O) groups is 1. The number of hydrogen-bond acceptors (Lipinski definition) is 2. The molecule has 1 aromatic carbocycles. The molecule has 3 heteroatoms. The number of carboxylic acids is 1. The summed E-state index contributed by atoms with van der Waals surface area (Å²) in [6, 6.07) is 7.80. The molecule has 17 heavy (non-hydrogen) atoms. The summed E-state index contributed by atoms with van der Waals surface area (Å²) in [5.74, 6) is -0.159. The first-order valence-corrected chi connectivity index (χ1v) is 5.53. The third-order valence-corrected chi connectivity index (χ3v) is 2.29. The molecular formula is C14H18O3. The maximum Gasteiger partial charge on any atom is 0.328 e. The molecule has 1 rings (SSSR count). The minimum absolute atomic E-state index is 0.00705. The monoisotopic (exact) mass is 234 g/mol. The largest absolute Gasteiger partial charge is 0.489 e. The van der Waals surface area contributed by atoms with Gasteiger partial charge < -0.3 is 9.84 Å². The third kappa shape index (κ3) is 4.31. The SMILES string of the molecule is CC(C)(C)c1ccccc1OCC=CC(=O)O. The molecule has 0 fully saturated rings. The van der Waals surface area contributed by atoms with Gasteiger partial charge >= 0.3 is 5.97 Å². The molecule has 0 aliphatic carbocycles. The summed E-state index contributed by atoms with van der Waals surface area (Å²) in [5, 5.41) is 8.45. The van der Waals surface area contributed by atoms with Crippen molar-refractivity contribution < 1.29 is 14.6 Å². The van der Waals surface area contributed by atoms with E-state index in [2.05, 4.69) is 20.8 Å². The number of carboxylic acid groups (broad SMARTS) is 1. The smallest absolute Gasteiger partial charge is 0.328 e. The Morgan fingerprint density at radius 2 is 2.00 bits per heavy atom. The van der Waals surface area contributed by atoms with Crippen LogP contribution in [0, 0.1) is 0 Å². The van der Waals surface area contributed by atoms with Gasteiger partial charge in [0.1, 0.15) is 12.4 Å². The van der Waals surface area contributed by atoms with Crippen LogP contribution >= 0.6 is 0 Å². The van der Waals surface area contributed by atoms with Crippen LogP contribution in [-0.2, 0) is 10.2 Å². The number of rotatable bonds is 4. The Kier molecular flexibility index (Phi) is 4.32. The average molecular weight is 234 g/mol. The second kappa shape index (κ2) is 5.53. The lowest BCUT2D eigenvalue weighted by Crippen LogP contribution is -2.13. The van der Waals surface area contributed by atoms with Gasteiger partial charge in [0.15, 0.2) is 0 Å². The summed E-state index contributed by atoms with van der Waals surface area (Å²) >= 11 is 0. The van der Waals surface area contributed by atoms with Gasteiger partial charge in [0.25, 0.3) is 0 Å². The first kappa shape index (κ1) is 13.3. The molecule has 0 heterocycles. The fraction of sp³-hybridized carbons (Fsp3) is 0.357.